The summed E-state index contributed by atoms with van der Waals surface area (Å²) in [5.41, 5.74) is 1.78. The van der Waals surface area contributed by atoms with Crippen molar-refractivity contribution in [1.82, 2.24) is 9.80 Å². The van der Waals surface area contributed by atoms with E-state index in [-0.39, 0.29) is 11.8 Å². The minimum absolute atomic E-state index is 0.0671. The number of hydrogen-bond acceptors (Lipinski definition) is 5. The van der Waals surface area contributed by atoms with Crippen LogP contribution in [-0.4, -0.2) is 50.8 Å². The molecule has 1 N–H and O–H groups in total. The minimum Gasteiger partial charge on any atom is -0.325 e. The Labute approximate surface area is 173 Å². The third-order valence-electron chi connectivity index (χ3n) is 5.97. The molecule has 0 unspecified atom stereocenters. The van der Waals surface area contributed by atoms with E-state index in [0.717, 1.165) is 16.8 Å². The molecule has 142 valence electrons. The van der Waals surface area contributed by atoms with Crippen molar-refractivity contribution in [2.24, 2.45) is 0 Å². The van der Waals surface area contributed by atoms with Gasteiger partial charge in [0.1, 0.15) is 14.5 Å². The van der Waals surface area contributed by atoms with Crippen molar-refractivity contribution in [2.45, 2.75) is 16.7 Å². The molecule has 28 heavy (non-hydrogen) atoms. The summed E-state index contributed by atoms with van der Waals surface area (Å²) in [6.07, 6.45) is 0. The normalized spacial score (nSPS) is 29.2. The molecule has 2 amide bonds. The van der Waals surface area contributed by atoms with Gasteiger partial charge in [-0.05, 0) is 24.2 Å². The molecule has 0 bridgehead atoms. The van der Waals surface area contributed by atoms with Crippen LogP contribution in [0, 0.1) is 0 Å². The smallest absolute Gasteiger partial charge is 0.247 e. The highest BCUT2D eigenvalue weighted by Gasteiger charge is 2.72. The van der Waals surface area contributed by atoms with Gasteiger partial charge in [-0.2, -0.15) is 0 Å². The average Bonchev–Trinajstić information content (AvgIpc) is 3.23. The fraction of sp³-hybridized carbons (Fsp3) is 0.286. The summed E-state index contributed by atoms with van der Waals surface area (Å²) in [6, 6.07) is 17.5. The second-order valence-corrected chi connectivity index (χ2v) is 9.58. The summed E-state index contributed by atoms with van der Waals surface area (Å²) >= 11 is 7.02. The lowest BCUT2D eigenvalue weighted by Crippen LogP contribution is -2.57. The predicted molar refractivity (Wildman–Crippen MR) is 114 cm³/mol. The number of rotatable bonds is 2. The number of likely N-dealkylation sites (N-methyl/N-ethyl adjacent to an activating group) is 1. The molecule has 2 fully saturated rings. The summed E-state index contributed by atoms with van der Waals surface area (Å²) < 4.78 is -0.398. The molecule has 3 aliphatic heterocycles. The highest BCUT2D eigenvalue weighted by atomic mass is 32.2. The molecular weight excluding hydrogens is 390 g/mol. The van der Waals surface area contributed by atoms with E-state index in [9.17, 15) is 9.59 Å². The van der Waals surface area contributed by atoms with Gasteiger partial charge >= 0.3 is 0 Å². The van der Waals surface area contributed by atoms with E-state index >= 15 is 0 Å². The monoisotopic (exact) mass is 409 g/mol. The van der Waals surface area contributed by atoms with Crippen molar-refractivity contribution in [3.63, 3.8) is 0 Å². The average molecular weight is 410 g/mol. The topological polar surface area (TPSA) is 52.7 Å². The van der Waals surface area contributed by atoms with Crippen molar-refractivity contribution in [2.75, 3.05) is 25.5 Å². The van der Waals surface area contributed by atoms with E-state index in [4.69, 9.17) is 12.2 Å². The Kier molecular flexibility index (Phi) is 3.91. The number of anilines is 1. The number of thioether (sulfide) groups is 1. The van der Waals surface area contributed by atoms with Gasteiger partial charge in [0.05, 0.1) is 6.54 Å². The van der Waals surface area contributed by atoms with Crippen LogP contribution in [0.5, 0.6) is 0 Å². The Morgan fingerprint density at radius 1 is 1.07 bits per heavy atom. The number of para-hydroxylation sites is 1. The number of likely N-dealkylation sites (tertiary alicyclic amines) is 1. The SMILES string of the molecule is CN1C[C@@]2(SC(=S)N(Cc3ccccc3)C2=O)[C@]2(C1)C(=O)Nc1ccccc12. The van der Waals surface area contributed by atoms with Gasteiger partial charge in [0.25, 0.3) is 0 Å². The van der Waals surface area contributed by atoms with E-state index in [1.807, 2.05) is 61.6 Å². The lowest BCUT2D eigenvalue weighted by atomic mass is 9.72. The summed E-state index contributed by atoms with van der Waals surface area (Å²) in [4.78, 5) is 30.9. The summed E-state index contributed by atoms with van der Waals surface area (Å²) in [6.45, 7) is 1.41. The molecule has 2 aromatic carbocycles. The predicted octanol–water partition coefficient (Wildman–Crippen LogP) is 2.62. The number of carbonyl (C=O) groups excluding carboxylic acids is 2. The number of nitrogens with zero attached hydrogens (tertiary/aromatic N) is 2. The zero-order valence-corrected chi connectivity index (χ0v) is 17.0. The maximum atomic E-state index is 13.8. The van der Waals surface area contributed by atoms with Crippen LogP contribution >= 0.6 is 24.0 Å². The van der Waals surface area contributed by atoms with Crippen molar-refractivity contribution < 1.29 is 9.59 Å². The van der Waals surface area contributed by atoms with Crippen LogP contribution in [0.15, 0.2) is 54.6 Å². The molecule has 5 nitrogen and oxygen atoms in total. The summed E-state index contributed by atoms with van der Waals surface area (Å²) in [7, 11) is 1.96. The fourth-order valence-electron chi connectivity index (χ4n) is 4.80. The van der Waals surface area contributed by atoms with Crippen molar-refractivity contribution >= 4 is 45.8 Å². The number of benzene rings is 2. The maximum Gasteiger partial charge on any atom is 0.247 e. The first kappa shape index (κ1) is 17.8. The Hall–Kier alpha value is -2.22. The Balaban J connectivity index is 1.62. The van der Waals surface area contributed by atoms with Crippen LogP contribution in [0.2, 0.25) is 0 Å². The second-order valence-electron chi connectivity index (χ2n) is 7.65. The zero-order valence-electron chi connectivity index (χ0n) is 15.3. The number of hydrogen-bond donors (Lipinski definition) is 1. The van der Waals surface area contributed by atoms with Crippen LogP contribution < -0.4 is 5.32 Å². The number of thiocarbonyl (C=S) groups is 1. The number of nitrogens with one attached hydrogen (secondary N) is 1. The minimum atomic E-state index is -0.940. The van der Waals surface area contributed by atoms with Crippen LogP contribution in [0.25, 0.3) is 0 Å². The molecule has 0 aliphatic carbocycles. The summed E-state index contributed by atoms with van der Waals surface area (Å²) in [5.74, 6) is -0.175. The van der Waals surface area contributed by atoms with Crippen LogP contribution in [0.4, 0.5) is 5.69 Å². The van der Waals surface area contributed by atoms with E-state index < -0.39 is 10.2 Å². The molecule has 2 atom stereocenters. The van der Waals surface area contributed by atoms with Gasteiger partial charge in [-0.3, -0.25) is 14.5 Å². The third kappa shape index (κ3) is 2.21. The van der Waals surface area contributed by atoms with Crippen LogP contribution in [-0.2, 0) is 21.5 Å². The van der Waals surface area contributed by atoms with E-state index in [0.29, 0.717) is 24.0 Å². The first-order valence-corrected chi connectivity index (χ1v) is 10.4. The quantitative estimate of drug-likeness (QED) is 0.773. The van der Waals surface area contributed by atoms with Gasteiger partial charge in [-0.15, -0.1) is 0 Å². The Bertz CT molecular complexity index is 1010. The molecule has 2 saturated heterocycles. The summed E-state index contributed by atoms with van der Waals surface area (Å²) in [5, 5.41) is 3.01. The third-order valence-corrected chi connectivity index (χ3v) is 7.83. The lowest BCUT2D eigenvalue weighted by Gasteiger charge is -2.35. The second kappa shape index (κ2) is 6.14. The molecule has 0 radical (unpaired) electrons. The standard InChI is InChI=1S/C21H19N3O2S2/c1-23-12-20(15-9-5-6-10-16(15)22-17(20)25)21(13-23)18(26)24(19(27)28-21)11-14-7-3-2-4-8-14/h2-10H,11-13H2,1H3,(H,22,25)/t20-,21-/m0/s1. The molecule has 5 rings (SSSR count). The number of amides is 2. The molecule has 2 spiro atoms. The first-order valence-electron chi connectivity index (χ1n) is 9.16. The highest BCUT2D eigenvalue weighted by Crippen LogP contribution is 2.58. The van der Waals surface area contributed by atoms with Gasteiger partial charge in [0.2, 0.25) is 11.8 Å². The maximum absolute atomic E-state index is 13.8. The largest absolute Gasteiger partial charge is 0.325 e. The van der Waals surface area contributed by atoms with Crippen molar-refractivity contribution in [3.05, 3.63) is 65.7 Å². The van der Waals surface area contributed by atoms with Crippen LogP contribution in [0.1, 0.15) is 11.1 Å². The van der Waals surface area contributed by atoms with Gasteiger partial charge in [0.15, 0.2) is 0 Å². The molecule has 3 aliphatic rings. The first-order chi connectivity index (χ1) is 13.5. The fourth-order valence-corrected chi connectivity index (χ4v) is 6.85. The van der Waals surface area contributed by atoms with Crippen molar-refractivity contribution in [3.8, 4) is 0 Å². The number of carbonyl (C=O) groups is 2. The Morgan fingerprint density at radius 3 is 2.57 bits per heavy atom. The molecule has 0 aromatic heterocycles. The van der Waals surface area contributed by atoms with Crippen molar-refractivity contribution in [1.29, 1.82) is 0 Å². The molecule has 7 heteroatoms. The van der Waals surface area contributed by atoms with Gasteiger partial charge in [-0.1, -0.05) is 72.5 Å². The van der Waals surface area contributed by atoms with Gasteiger partial charge in [0, 0.05) is 18.8 Å². The molecule has 3 heterocycles. The van der Waals surface area contributed by atoms with Gasteiger partial charge < -0.3 is 10.2 Å². The Morgan fingerprint density at radius 2 is 1.79 bits per heavy atom. The van der Waals surface area contributed by atoms with E-state index in [2.05, 4.69) is 10.2 Å². The molecular formula is C21H19N3O2S2. The number of fused-ring (bicyclic) bond motifs is 3. The van der Waals surface area contributed by atoms with E-state index in [1.165, 1.54) is 11.8 Å². The zero-order chi connectivity index (χ0) is 19.5. The van der Waals surface area contributed by atoms with Gasteiger partial charge in [-0.25, -0.2) is 0 Å². The van der Waals surface area contributed by atoms with Crippen LogP contribution in [0.3, 0.4) is 0 Å². The van der Waals surface area contributed by atoms with E-state index in [1.54, 1.807) is 4.90 Å². The highest BCUT2D eigenvalue weighted by molar-refractivity contribution is 8.25. The molecule has 2 aromatic rings. The molecule has 0 saturated carbocycles. The lowest BCUT2D eigenvalue weighted by molar-refractivity contribution is -0.134.